The van der Waals surface area contributed by atoms with E-state index in [1.807, 2.05) is 24.3 Å². The second-order valence-corrected chi connectivity index (χ2v) is 4.43. The number of carbonyl (C=O) groups excluding carboxylic acids is 2. The summed E-state index contributed by atoms with van der Waals surface area (Å²) in [5.74, 6) is -0.397. The molecule has 84 valence electrons. The van der Waals surface area contributed by atoms with Gasteiger partial charge in [-0.3, -0.25) is 9.59 Å². The molecule has 0 N–H and O–H groups in total. The van der Waals surface area contributed by atoms with Crippen LogP contribution in [0.15, 0.2) is 24.3 Å². The molecule has 0 radical (unpaired) electrons. The standard InChI is InChI=1S/C14H16O2/c1-10(15)12-8-4-2-6-11-7-3-5-9-13(11)14(12)16/h3,5,7,9,12H,2,4,6,8H2,1H3. The molecule has 1 aromatic rings. The van der Waals surface area contributed by atoms with Gasteiger partial charge in [0.05, 0.1) is 5.92 Å². The van der Waals surface area contributed by atoms with Gasteiger partial charge in [-0.1, -0.05) is 30.7 Å². The predicted molar refractivity (Wildman–Crippen MR) is 62.5 cm³/mol. The Morgan fingerprint density at radius 2 is 2.00 bits per heavy atom. The summed E-state index contributed by atoms with van der Waals surface area (Å²) in [5.41, 5.74) is 1.85. The number of carbonyl (C=O) groups is 2. The summed E-state index contributed by atoms with van der Waals surface area (Å²) in [6.45, 7) is 1.52. The topological polar surface area (TPSA) is 34.1 Å². The minimum Gasteiger partial charge on any atom is -0.299 e. The molecule has 2 heteroatoms. The van der Waals surface area contributed by atoms with Gasteiger partial charge in [-0.15, -0.1) is 0 Å². The van der Waals surface area contributed by atoms with E-state index < -0.39 is 5.92 Å². The first-order chi connectivity index (χ1) is 7.70. The summed E-state index contributed by atoms with van der Waals surface area (Å²) in [5, 5.41) is 0. The maximum atomic E-state index is 12.2. The zero-order valence-corrected chi connectivity index (χ0v) is 9.53. The lowest BCUT2D eigenvalue weighted by molar-refractivity contribution is -0.119. The second-order valence-electron chi connectivity index (χ2n) is 4.43. The monoisotopic (exact) mass is 216 g/mol. The molecule has 0 saturated carbocycles. The number of hydrogen-bond donors (Lipinski definition) is 0. The van der Waals surface area contributed by atoms with Gasteiger partial charge in [0.2, 0.25) is 0 Å². The summed E-state index contributed by atoms with van der Waals surface area (Å²) in [6, 6.07) is 7.67. The van der Waals surface area contributed by atoms with Crippen LogP contribution in [0, 0.1) is 5.92 Å². The van der Waals surface area contributed by atoms with Gasteiger partial charge < -0.3 is 0 Å². The average Bonchev–Trinajstić information content (AvgIpc) is 2.26. The molecule has 1 aliphatic carbocycles. The van der Waals surface area contributed by atoms with Crippen LogP contribution in [0.2, 0.25) is 0 Å². The van der Waals surface area contributed by atoms with Gasteiger partial charge in [0.25, 0.3) is 0 Å². The van der Waals surface area contributed by atoms with Crippen LogP contribution in [0.4, 0.5) is 0 Å². The zero-order chi connectivity index (χ0) is 11.5. The van der Waals surface area contributed by atoms with Crippen molar-refractivity contribution in [3.8, 4) is 0 Å². The molecule has 2 nitrogen and oxygen atoms in total. The molecular formula is C14H16O2. The molecule has 0 heterocycles. The average molecular weight is 216 g/mol. The molecule has 1 aliphatic rings. The van der Waals surface area contributed by atoms with E-state index in [9.17, 15) is 9.59 Å². The van der Waals surface area contributed by atoms with Crippen LogP contribution in [0.25, 0.3) is 0 Å². The predicted octanol–water partition coefficient (Wildman–Crippen LogP) is 2.80. The Bertz CT molecular complexity index is 420. The van der Waals surface area contributed by atoms with Crippen LogP contribution in [0.3, 0.4) is 0 Å². The zero-order valence-electron chi connectivity index (χ0n) is 9.53. The number of benzene rings is 1. The fourth-order valence-electron chi connectivity index (χ4n) is 2.35. The van der Waals surface area contributed by atoms with Gasteiger partial charge in [-0.2, -0.15) is 0 Å². The van der Waals surface area contributed by atoms with Crippen LogP contribution in [-0.4, -0.2) is 11.6 Å². The molecule has 0 aliphatic heterocycles. The third-order valence-electron chi connectivity index (χ3n) is 3.28. The Hall–Kier alpha value is -1.44. The Kier molecular flexibility index (Phi) is 3.18. The smallest absolute Gasteiger partial charge is 0.173 e. The van der Waals surface area contributed by atoms with Crippen molar-refractivity contribution in [2.24, 2.45) is 5.92 Å². The van der Waals surface area contributed by atoms with Crippen LogP contribution in [0.5, 0.6) is 0 Å². The van der Waals surface area contributed by atoms with E-state index in [0.29, 0.717) is 6.42 Å². The van der Waals surface area contributed by atoms with E-state index in [0.717, 1.165) is 30.4 Å². The summed E-state index contributed by atoms with van der Waals surface area (Å²) in [7, 11) is 0. The van der Waals surface area contributed by atoms with Gasteiger partial charge in [0, 0.05) is 5.56 Å². The molecule has 16 heavy (non-hydrogen) atoms. The Labute approximate surface area is 95.7 Å². The van der Waals surface area contributed by atoms with Gasteiger partial charge in [-0.05, 0) is 31.7 Å². The molecule has 0 bridgehead atoms. The first-order valence-electron chi connectivity index (χ1n) is 5.82. The number of aryl methyl sites for hydroxylation is 1. The summed E-state index contributed by atoms with van der Waals surface area (Å²) in [6.07, 6.45) is 3.69. The first kappa shape index (κ1) is 11.1. The maximum Gasteiger partial charge on any atom is 0.173 e. The molecule has 1 aromatic carbocycles. The SMILES string of the molecule is CC(=O)C1CCCCc2ccccc2C1=O. The molecule has 1 unspecified atom stereocenters. The fraction of sp³-hybridized carbons (Fsp3) is 0.429. The van der Waals surface area contributed by atoms with E-state index >= 15 is 0 Å². The number of hydrogen-bond acceptors (Lipinski definition) is 2. The lowest BCUT2D eigenvalue weighted by Gasteiger charge is -2.18. The number of rotatable bonds is 1. The summed E-state index contributed by atoms with van der Waals surface area (Å²) >= 11 is 0. The Balaban J connectivity index is 2.41. The van der Waals surface area contributed by atoms with E-state index in [1.165, 1.54) is 6.92 Å². The third-order valence-corrected chi connectivity index (χ3v) is 3.28. The highest BCUT2D eigenvalue weighted by Gasteiger charge is 2.27. The summed E-state index contributed by atoms with van der Waals surface area (Å²) < 4.78 is 0. The minimum absolute atomic E-state index is 0.00158. The van der Waals surface area contributed by atoms with E-state index in [1.54, 1.807) is 0 Å². The van der Waals surface area contributed by atoms with Crippen molar-refractivity contribution < 1.29 is 9.59 Å². The van der Waals surface area contributed by atoms with Crippen molar-refractivity contribution in [1.29, 1.82) is 0 Å². The first-order valence-corrected chi connectivity index (χ1v) is 5.82. The largest absolute Gasteiger partial charge is 0.299 e. The lowest BCUT2D eigenvalue weighted by atomic mass is 9.84. The summed E-state index contributed by atoms with van der Waals surface area (Å²) in [4.78, 5) is 23.7. The van der Waals surface area contributed by atoms with Crippen molar-refractivity contribution in [2.75, 3.05) is 0 Å². The van der Waals surface area contributed by atoms with Gasteiger partial charge >= 0.3 is 0 Å². The van der Waals surface area contributed by atoms with Gasteiger partial charge in [-0.25, -0.2) is 0 Å². The van der Waals surface area contributed by atoms with Crippen LogP contribution in [0.1, 0.15) is 42.1 Å². The van der Waals surface area contributed by atoms with E-state index in [2.05, 4.69) is 0 Å². The highest BCUT2D eigenvalue weighted by Crippen LogP contribution is 2.24. The van der Waals surface area contributed by atoms with Gasteiger partial charge in [0.1, 0.15) is 5.78 Å². The van der Waals surface area contributed by atoms with E-state index in [-0.39, 0.29) is 11.6 Å². The molecule has 2 rings (SSSR count). The minimum atomic E-state index is -0.415. The molecule has 1 atom stereocenters. The fourth-order valence-corrected chi connectivity index (χ4v) is 2.35. The van der Waals surface area contributed by atoms with Crippen LogP contribution >= 0.6 is 0 Å². The normalized spacial score (nSPS) is 20.8. The third kappa shape index (κ3) is 2.06. The van der Waals surface area contributed by atoms with Crippen molar-refractivity contribution >= 4 is 11.6 Å². The van der Waals surface area contributed by atoms with E-state index in [4.69, 9.17) is 0 Å². The highest BCUT2D eigenvalue weighted by molar-refractivity contribution is 6.10. The second kappa shape index (κ2) is 4.60. The van der Waals surface area contributed by atoms with Crippen molar-refractivity contribution in [3.63, 3.8) is 0 Å². The molecule has 0 amide bonds. The van der Waals surface area contributed by atoms with Gasteiger partial charge in [0.15, 0.2) is 5.78 Å². The van der Waals surface area contributed by atoms with Crippen molar-refractivity contribution in [3.05, 3.63) is 35.4 Å². The quantitative estimate of drug-likeness (QED) is 0.676. The number of Topliss-reactive ketones (excluding diaryl/α,β-unsaturated/α-hetero) is 2. The molecule has 0 fully saturated rings. The molecule has 0 saturated heterocycles. The molecular weight excluding hydrogens is 200 g/mol. The molecule has 0 spiro atoms. The van der Waals surface area contributed by atoms with Crippen molar-refractivity contribution in [2.45, 2.75) is 32.6 Å². The highest BCUT2D eigenvalue weighted by atomic mass is 16.1. The van der Waals surface area contributed by atoms with Crippen molar-refractivity contribution in [1.82, 2.24) is 0 Å². The lowest BCUT2D eigenvalue weighted by Crippen LogP contribution is -2.24. The van der Waals surface area contributed by atoms with Crippen LogP contribution in [-0.2, 0) is 11.2 Å². The Morgan fingerprint density at radius 1 is 1.25 bits per heavy atom. The van der Waals surface area contributed by atoms with Crippen LogP contribution < -0.4 is 0 Å². The number of fused-ring (bicyclic) bond motifs is 1. The number of ketones is 2. The molecule has 0 aromatic heterocycles. The Morgan fingerprint density at radius 3 is 2.75 bits per heavy atom. The maximum absolute atomic E-state index is 12.2.